The van der Waals surface area contributed by atoms with E-state index in [-0.39, 0.29) is 17.7 Å². The summed E-state index contributed by atoms with van der Waals surface area (Å²) in [6.45, 7) is 6.65. The number of hydrogen-bond acceptors (Lipinski definition) is 4. The first-order valence-corrected chi connectivity index (χ1v) is 10.4. The van der Waals surface area contributed by atoms with Crippen LogP contribution < -0.4 is 15.4 Å². The minimum atomic E-state index is -0.215. The molecule has 0 saturated heterocycles. The van der Waals surface area contributed by atoms with Crippen LogP contribution in [0.4, 0.5) is 11.4 Å². The highest BCUT2D eigenvalue weighted by atomic mass is 32.1. The van der Waals surface area contributed by atoms with Gasteiger partial charge in [0.2, 0.25) is 0 Å². The van der Waals surface area contributed by atoms with Gasteiger partial charge in [-0.1, -0.05) is 13.8 Å². The summed E-state index contributed by atoms with van der Waals surface area (Å²) in [6.07, 6.45) is 0. The third kappa shape index (κ3) is 5.23. The van der Waals surface area contributed by atoms with Gasteiger partial charge in [-0.2, -0.15) is 0 Å². The molecule has 0 unspecified atom stereocenters. The van der Waals surface area contributed by atoms with Crippen LogP contribution in [0.1, 0.15) is 52.3 Å². The SMILES string of the molecule is CCOc1ccc(NC(=O)c2ccc(NC(=O)c3sccc3C(C)C)cc2)cc1. The van der Waals surface area contributed by atoms with E-state index in [0.29, 0.717) is 23.5 Å². The molecule has 0 aliphatic heterocycles. The number of ether oxygens (including phenoxy) is 1. The van der Waals surface area contributed by atoms with Crippen LogP contribution in [0.5, 0.6) is 5.75 Å². The van der Waals surface area contributed by atoms with Gasteiger partial charge in [0.25, 0.3) is 11.8 Å². The number of carbonyl (C=O) groups excluding carboxylic acids is 2. The van der Waals surface area contributed by atoms with Gasteiger partial charge < -0.3 is 15.4 Å². The maximum Gasteiger partial charge on any atom is 0.266 e. The molecule has 2 aromatic carbocycles. The molecule has 0 radical (unpaired) electrons. The fourth-order valence-electron chi connectivity index (χ4n) is 2.86. The quantitative estimate of drug-likeness (QED) is 0.521. The smallest absolute Gasteiger partial charge is 0.266 e. The van der Waals surface area contributed by atoms with Crippen molar-refractivity contribution in [1.29, 1.82) is 0 Å². The minimum Gasteiger partial charge on any atom is -0.494 e. The molecule has 2 N–H and O–H groups in total. The van der Waals surface area contributed by atoms with Gasteiger partial charge in [-0.15, -0.1) is 11.3 Å². The van der Waals surface area contributed by atoms with Crippen molar-refractivity contribution in [2.75, 3.05) is 17.2 Å². The lowest BCUT2D eigenvalue weighted by molar-refractivity contribution is 0.102. The van der Waals surface area contributed by atoms with Crippen LogP contribution in [0.15, 0.2) is 60.0 Å². The van der Waals surface area contributed by atoms with E-state index in [0.717, 1.165) is 16.2 Å². The summed E-state index contributed by atoms with van der Waals surface area (Å²) in [5.74, 6) is 0.704. The van der Waals surface area contributed by atoms with E-state index in [1.807, 2.05) is 30.5 Å². The Kier molecular flexibility index (Phi) is 6.67. The zero-order valence-electron chi connectivity index (χ0n) is 16.7. The zero-order chi connectivity index (χ0) is 20.8. The van der Waals surface area contributed by atoms with E-state index < -0.39 is 0 Å². The summed E-state index contributed by atoms with van der Waals surface area (Å²) >= 11 is 1.43. The molecular weight excluding hydrogens is 384 g/mol. The number of nitrogens with one attached hydrogen (secondary N) is 2. The number of hydrogen-bond donors (Lipinski definition) is 2. The Balaban J connectivity index is 1.62. The van der Waals surface area contributed by atoms with E-state index in [1.165, 1.54) is 11.3 Å². The summed E-state index contributed by atoms with van der Waals surface area (Å²) in [4.78, 5) is 25.7. The predicted octanol–water partition coefficient (Wildman–Crippen LogP) is 5.77. The summed E-state index contributed by atoms with van der Waals surface area (Å²) in [7, 11) is 0. The van der Waals surface area contributed by atoms with E-state index in [1.54, 1.807) is 36.4 Å². The van der Waals surface area contributed by atoms with Crippen molar-refractivity contribution in [3.05, 3.63) is 76.0 Å². The number of carbonyl (C=O) groups is 2. The Hall–Kier alpha value is -3.12. The van der Waals surface area contributed by atoms with Gasteiger partial charge in [0.15, 0.2) is 0 Å². The van der Waals surface area contributed by atoms with Gasteiger partial charge in [-0.25, -0.2) is 0 Å². The third-order valence-corrected chi connectivity index (χ3v) is 5.28. The van der Waals surface area contributed by atoms with Crippen molar-refractivity contribution >= 4 is 34.5 Å². The second kappa shape index (κ2) is 9.39. The molecule has 0 aliphatic carbocycles. The van der Waals surface area contributed by atoms with Gasteiger partial charge >= 0.3 is 0 Å². The second-order valence-electron chi connectivity index (χ2n) is 6.80. The van der Waals surface area contributed by atoms with Crippen LogP contribution in [0.2, 0.25) is 0 Å². The Labute approximate surface area is 174 Å². The number of rotatable bonds is 7. The molecule has 0 aliphatic rings. The number of amides is 2. The van der Waals surface area contributed by atoms with Crippen LogP contribution in [-0.4, -0.2) is 18.4 Å². The molecule has 0 atom stereocenters. The molecule has 0 fully saturated rings. The largest absolute Gasteiger partial charge is 0.494 e. The van der Waals surface area contributed by atoms with Crippen molar-refractivity contribution in [1.82, 2.24) is 0 Å². The van der Waals surface area contributed by atoms with Crippen LogP contribution in [-0.2, 0) is 0 Å². The summed E-state index contributed by atoms with van der Waals surface area (Å²) in [6, 6.07) is 16.0. The normalized spacial score (nSPS) is 10.6. The van der Waals surface area contributed by atoms with Crippen molar-refractivity contribution in [3.63, 3.8) is 0 Å². The van der Waals surface area contributed by atoms with Crippen molar-refractivity contribution in [2.24, 2.45) is 0 Å². The molecule has 1 aromatic heterocycles. The molecule has 2 amide bonds. The van der Waals surface area contributed by atoms with Gasteiger partial charge in [0.05, 0.1) is 11.5 Å². The first-order chi connectivity index (χ1) is 14.0. The maximum absolute atomic E-state index is 12.5. The summed E-state index contributed by atoms with van der Waals surface area (Å²) in [5.41, 5.74) is 2.89. The van der Waals surface area contributed by atoms with Crippen LogP contribution >= 0.6 is 11.3 Å². The monoisotopic (exact) mass is 408 g/mol. The Morgan fingerprint density at radius 2 is 1.48 bits per heavy atom. The number of anilines is 2. The predicted molar refractivity (Wildman–Crippen MR) is 118 cm³/mol. The molecule has 3 rings (SSSR count). The molecule has 0 saturated carbocycles. The van der Waals surface area contributed by atoms with Crippen LogP contribution in [0.3, 0.4) is 0 Å². The van der Waals surface area contributed by atoms with E-state index in [2.05, 4.69) is 24.5 Å². The number of benzene rings is 2. The first kappa shape index (κ1) is 20.6. The average Bonchev–Trinajstić information content (AvgIpc) is 3.21. The lowest BCUT2D eigenvalue weighted by Gasteiger charge is -2.10. The maximum atomic E-state index is 12.5. The second-order valence-corrected chi connectivity index (χ2v) is 7.72. The highest BCUT2D eigenvalue weighted by Gasteiger charge is 2.16. The van der Waals surface area contributed by atoms with Gasteiger partial charge in [0.1, 0.15) is 5.75 Å². The molecule has 6 heteroatoms. The van der Waals surface area contributed by atoms with Crippen LogP contribution in [0, 0.1) is 0 Å². The van der Waals surface area contributed by atoms with Gasteiger partial charge in [-0.3, -0.25) is 9.59 Å². The number of thiophene rings is 1. The molecule has 3 aromatic rings. The molecule has 5 nitrogen and oxygen atoms in total. The Morgan fingerprint density at radius 1 is 0.897 bits per heavy atom. The van der Waals surface area contributed by atoms with Gasteiger partial charge in [-0.05, 0) is 78.4 Å². The van der Waals surface area contributed by atoms with Gasteiger partial charge in [0, 0.05) is 16.9 Å². The van der Waals surface area contributed by atoms with Crippen molar-refractivity contribution < 1.29 is 14.3 Å². The lowest BCUT2D eigenvalue weighted by Crippen LogP contribution is -2.14. The minimum absolute atomic E-state index is 0.129. The molecule has 0 bridgehead atoms. The summed E-state index contributed by atoms with van der Waals surface area (Å²) in [5, 5.41) is 7.68. The van der Waals surface area contributed by atoms with Crippen molar-refractivity contribution in [3.8, 4) is 5.75 Å². The third-order valence-electron chi connectivity index (χ3n) is 4.35. The fraction of sp³-hybridized carbons (Fsp3) is 0.217. The zero-order valence-corrected chi connectivity index (χ0v) is 17.5. The molecule has 0 spiro atoms. The molecule has 29 heavy (non-hydrogen) atoms. The van der Waals surface area contributed by atoms with E-state index in [9.17, 15) is 9.59 Å². The lowest BCUT2D eigenvalue weighted by atomic mass is 10.0. The fourth-order valence-corrected chi connectivity index (χ4v) is 3.80. The topological polar surface area (TPSA) is 67.4 Å². The van der Waals surface area contributed by atoms with Crippen molar-refractivity contribution in [2.45, 2.75) is 26.7 Å². The Morgan fingerprint density at radius 3 is 2.07 bits per heavy atom. The summed E-state index contributed by atoms with van der Waals surface area (Å²) < 4.78 is 5.40. The standard InChI is InChI=1S/C23H24N2O3S/c1-4-28-19-11-9-18(10-12-19)24-22(26)16-5-7-17(8-6-16)25-23(27)21-20(15(2)3)13-14-29-21/h5-15H,4H2,1-3H3,(H,24,26)(H,25,27). The molecule has 1 heterocycles. The Bertz CT molecular complexity index is 976. The molecular formula is C23H24N2O3S. The average molecular weight is 409 g/mol. The first-order valence-electron chi connectivity index (χ1n) is 9.51. The van der Waals surface area contributed by atoms with E-state index >= 15 is 0 Å². The highest BCUT2D eigenvalue weighted by molar-refractivity contribution is 7.12. The highest BCUT2D eigenvalue weighted by Crippen LogP contribution is 2.25. The van der Waals surface area contributed by atoms with E-state index in [4.69, 9.17) is 4.74 Å². The molecule has 150 valence electrons. The van der Waals surface area contributed by atoms with Crippen LogP contribution in [0.25, 0.3) is 0 Å².